The van der Waals surface area contributed by atoms with E-state index in [9.17, 15) is 24.6 Å². The van der Waals surface area contributed by atoms with Gasteiger partial charge in [0.1, 0.15) is 29.2 Å². The average molecular weight is 540 g/mol. The highest BCUT2D eigenvalue weighted by Gasteiger charge is 2.44. The van der Waals surface area contributed by atoms with E-state index in [1.807, 2.05) is 0 Å². The number of phenols is 2. The SMILES string of the molecule is CCCCCNC(=O)C(c1cccc(O)c1)N(C(=O)C(Cc1ccc(O)cc1)NC(=O)OC(C)(C)C)C1CC1. The van der Waals surface area contributed by atoms with Gasteiger partial charge in [0, 0.05) is 19.0 Å². The van der Waals surface area contributed by atoms with Gasteiger partial charge in [-0.15, -0.1) is 0 Å². The van der Waals surface area contributed by atoms with Gasteiger partial charge in [-0.05, 0) is 75.4 Å². The fourth-order valence-corrected chi connectivity index (χ4v) is 4.38. The fourth-order valence-electron chi connectivity index (χ4n) is 4.38. The molecule has 0 saturated heterocycles. The Morgan fingerprint density at radius 1 is 1.03 bits per heavy atom. The molecular formula is C30H41N3O6. The van der Waals surface area contributed by atoms with E-state index in [1.54, 1.807) is 49.9 Å². The minimum atomic E-state index is -1.03. The molecule has 1 aliphatic rings. The zero-order chi connectivity index (χ0) is 28.6. The number of hydrogen-bond acceptors (Lipinski definition) is 6. The van der Waals surface area contributed by atoms with E-state index >= 15 is 0 Å². The van der Waals surface area contributed by atoms with Crippen molar-refractivity contribution in [2.75, 3.05) is 6.54 Å². The first-order valence-electron chi connectivity index (χ1n) is 13.6. The lowest BCUT2D eigenvalue weighted by molar-refractivity contribution is -0.143. The normalized spacial score (nSPS) is 14.7. The Hall–Kier alpha value is -3.75. The molecule has 0 bridgehead atoms. The van der Waals surface area contributed by atoms with E-state index < -0.39 is 29.7 Å². The number of aromatic hydroxyl groups is 2. The van der Waals surface area contributed by atoms with Gasteiger partial charge in [-0.1, -0.05) is 44.0 Å². The lowest BCUT2D eigenvalue weighted by Crippen LogP contribution is -2.54. The van der Waals surface area contributed by atoms with E-state index in [0.717, 1.165) is 37.7 Å². The number of carbonyl (C=O) groups excluding carboxylic acids is 3. The molecule has 2 aromatic carbocycles. The van der Waals surface area contributed by atoms with Gasteiger partial charge in [-0.3, -0.25) is 9.59 Å². The van der Waals surface area contributed by atoms with Crippen LogP contribution in [0.15, 0.2) is 48.5 Å². The summed E-state index contributed by atoms with van der Waals surface area (Å²) in [5.74, 6) is -0.678. The molecule has 2 unspecified atom stereocenters. The molecule has 4 N–H and O–H groups in total. The molecule has 9 heteroatoms. The number of carbonyl (C=O) groups is 3. The topological polar surface area (TPSA) is 128 Å². The van der Waals surface area contributed by atoms with Crippen LogP contribution in [0.3, 0.4) is 0 Å². The number of amides is 3. The first-order chi connectivity index (χ1) is 18.5. The molecule has 3 rings (SSSR count). The molecule has 1 fully saturated rings. The van der Waals surface area contributed by atoms with Gasteiger partial charge in [0.15, 0.2) is 0 Å². The number of nitrogens with zero attached hydrogens (tertiary/aromatic N) is 1. The summed E-state index contributed by atoms with van der Waals surface area (Å²) >= 11 is 0. The van der Waals surface area contributed by atoms with Crippen molar-refractivity contribution in [3.05, 3.63) is 59.7 Å². The maximum Gasteiger partial charge on any atom is 0.408 e. The van der Waals surface area contributed by atoms with Crippen LogP contribution in [0, 0.1) is 0 Å². The predicted octanol–water partition coefficient (Wildman–Crippen LogP) is 4.57. The summed E-state index contributed by atoms with van der Waals surface area (Å²) in [6.45, 7) is 7.76. The van der Waals surface area contributed by atoms with Crippen LogP contribution in [0.1, 0.15) is 77.0 Å². The molecule has 0 radical (unpaired) electrons. The standard InChI is InChI=1S/C30H41N3O6/c1-5-6-7-17-31-27(36)26(21-9-8-10-24(35)19-21)33(22-13-14-22)28(37)25(32-29(38)39-30(2,3)4)18-20-11-15-23(34)16-12-20/h8-12,15-16,19,22,25-26,34-35H,5-7,13-14,17-18H2,1-4H3,(H,31,36)(H,32,38). The predicted molar refractivity (Wildman–Crippen MR) is 148 cm³/mol. The summed E-state index contributed by atoms with van der Waals surface area (Å²) in [4.78, 5) is 42.2. The number of rotatable bonds is 12. The lowest BCUT2D eigenvalue weighted by Gasteiger charge is -2.35. The van der Waals surface area contributed by atoms with Gasteiger partial charge in [-0.25, -0.2) is 4.79 Å². The summed E-state index contributed by atoms with van der Waals surface area (Å²) in [6.07, 6.45) is 3.63. The Kier molecular flexibility index (Phi) is 10.2. The number of unbranched alkanes of at least 4 members (excludes halogenated alkanes) is 2. The van der Waals surface area contributed by atoms with Crippen LogP contribution in [-0.2, 0) is 20.7 Å². The van der Waals surface area contributed by atoms with Crippen molar-refractivity contribution in [1.82, 2.24) is 15.5 Å². The van der Waals surface area contributed by atoms with Crippen molar-refractivity contribution in [1.29, 1.82) is 0 Å². The van der Waals surface area contributed by atoms with Crippen molar-refractivity contribution < 1.29 is 29.3 Å². The van der Waals surface area contributed by atoms with Gasteiger partial charge in [0.2, 0.25) is 11.8 Å². The smallest absolute Gasteiger partial charge is 0.408 e. The second kappa shape index (κ2) is 13.4. The van der Waals surface area contributed by atoms with Crippen LogP contribution < -0.4 is 10.6 Å². The number of hydrogen-bond donors (Lipinski definition) is 4. The number of nitrogens with one attached hydrogen (secondary N) is 2. The first kappa shape index (κ1) is 29.8. The van der Waals surface area contributed by atoms with Gasteiger partial charge >= 0.3 is 6.09 Å². The summed E-state index contributed by atoms with van der Waals surface area (Å²) in [7, 11) is 0. The molecule has 0 aromatic heterocycles. The van der Waals surface area contributed by atoms with Crippen LogP contribution in [0.2, 0.25) is 0 Å². The van der Waals surface area contributed by atoms with Crippen LogP contribution in [0.25, 0.3) is 0 Å². The van der Waals surface area contributed by atoms with Crippen molar-refractivity contribution in [2.24, 2.45) is 0 Å². The molecule has 0 aliphatic heterocycles. The van der Waals surface area contributed by atoms with E-state index in [-0.39, 0.29) is 29.9 Å². The van der Waals surface area contributed by atoms with Crippen molar-refractivity contribution in [3.8, 4) is 11.5 Å². The molecule has 0 heterocycles. The van der Waals surface area contributed by atoms with E-state index in [4.69, 9.17) is 4.74 Å². The summed E-state index contributed by atoms with van der Waals surface area (Å²) < 4.78 is 5.44. The highest BCUT2D eigenvalue weighted by Crippen LogP contribution is 2.36. The Bertz CT molecular complexity index is 1120. The molecule has 3 amide bonds. The minimum absolute atomic E-state index is 0.00741. The monoisotopic (exact) mass is 539 g/mol. The highest BCUT2D eigenvalue weighted by molar-refractivity contribution is 5.92. The minimum Gasteiger partial charge on any atom is -0.508 e. The third kappa shape index (κ3) is 9.19. The Labute approximate surface area is 230 Å². The largest absolute Gasteiger partial charge is 0.508 e. The Balaban J connectivity index is 1.96. The molecule has 2 atom stereocenters. The number of ether oxygens (including phenoxy) is 1. The third-order valence-electron chi connectivity index (χ3n) is 6.35. The Morgan fingerprint density at radius 3 is 2.31 bits per heavy atom. The maximum atomic E-state index is 14.2. The van der Waals surface area contributed by atoms with Crippen molar-refractivity contribution in [2.45, 2.75) is 89.9 Å². The molecule has 2 aromatic rings. The number of benzene rings is 2. The van der Waals surface area contributed by atoms with Gasteiger partial charge in [0.05, 0.1) is 0 Å². The van der Waals surface area contributed by atoms with E-state index in [1.165, 1.54) is 24.3 Å². The maximum absolute atomic E-state index is 14.2. The number of alkyl carbamates (subject to hydrolysis) is 1. The van der Waals surface area contributed by atoms with E-state index in [0.29, 0.717) is 12.1 Å². The van der Waals surface area contributed by atoms with Crippen LogP contribution >= 0.6 is 0 Å². The van der Waals surface area contributed by atoms with Crippen LogP contribution in [0.4, 0.5) is 4.79 Å². The van der Waals surface area contributed by atoms with E-state index in [2.05, 4.69) is 17.6 Å². The summed E-state index contributed by atoms with van der Waals surface area (Å²) in [6, 6.07) is 10.6. The van der Waals surface area contributed by atoms with Crippen LogP contribution in [0.5, 0.6) is 11.5 Å². The highest BCUT2D eigenvalue weighted by atomic mass is 16.6. The lowest BCUT2D eigenvalue weighted by atomic mass is 9.99. The molecule has 212 valence electrons. The second-order valence-corrected chi connectivity index (χ2v) is 11.0. The third-order valence-corrected chi connectivity index (χ3v) is 6.35. The molecule has 1 saturated carbocycles. The van der Waals surface area contributed by atoms with Gasteiger partial charge < -0.3 is 30.5 Å². The van der Waals surface area contributed by atoms with Crippen molar-refractivity contribution in [3.63, 3.8) is 0 Å². The molecule has 0 spiro atoms. The zero-order valence-electron chi connectivity index (χ0n) is 23.3. The van der Waals surface area contributed by atoms with Gasteiger partial charge in [0.25, 0.3) is 0 Å². The number of phenolic OH excluding ortho intramolecular Hbond substituents is 2. The second-order valence-electron chi connectivity index (χ2n) is 11.0. The summed E-state index contributed by atoms with van der Waals surface area (Å²) in [5.41, 5.74) is 0.439. The fraction of sp³-hybridized carbons (Fsp3) is 0.500. The molecular weight excluding hydrogens is 498 g/mol. The Morgan fingerprint density at radius 2 is 1.72 bits per heavy atom. The van der Waals surface area contributed by atoms with Gasteiger partial charge in [-0.2, -0.15) is 0 Å². The molecule has 1 aliphatic carbocycles. The van der Waals surface area contributed by atoms with Crippen molar-refractivity contribution >= 4 is 17.9 Å². The molecule has 39 heavy (non-hydrogen) atoms. The first-order valence-corrected chi connectivity index (χ1v) is 13.6. The van der Waals surface area contributed by atoms with Crippen LogP contribution in [-0.4, -0.2) is 57.3 Å². The molecule has 9 nitrogen and oxygen atoms in total. The zero-order valence-corrected chi connectivity index (χ0v) is 23.3. The summed E-state index contributed by atoms with van der Waals surface area (Å²) in [5, 5.41) is 25.6. The quantitative estimate of drug-likeness (QED) is 0.293. The average Bonchev–Trinajstić information content (AvgIpc) is 3.69.